The summed E-state index contributed by atoms with van der Waals surface area (Å²) in [7, 11) is 0. The van der Waals surface area contributed by atoms with Crippen LogP contribution in [0.15, 0.2) is 24.8 Å². The van der Waals surface area contributed by atoms with E-state index in [0.717, 1.165) is 18.3 Å². The first-order valence-corrected chi connectivity index (χ1v) is 6.86. The molecular weight excluding hydrogens is 236 g/mol. The first-order chi connectivity index (χ1) is 9.00. The lowest BCUT2D eigenvalue weighted by atomic mass is 9.80. The molecule has 0 aliphatic carbocycles. The van der Waals surface area contributed by atoms with Crippen LogP contribution in [0.1, 0.15) is 55.6 Å². The molecule has 2 nitrogen and oxygen atoms in total. The first-order valence-electron chi connectivity index (χ1n) is 6.86. The van der Waals surface area contributed by atoms with Gasteiger partial charge in [-0.15, -0.1) is 6.58 Å². The molecule has 0 amide bonds. The zero-order valence-electron chi connectivity index (χ0n) is 12.5. The van der Waals surface area contributed by atoms with E-state index in [4.69, 9.17) is 4.74 Å². The summed E-state index contributed by atoms with van der Waals surface area (Å²) in [6.07, 6.45) is 4.46. The van der Waals surface area contributed by atoms with E-state index in [1.165, 1.54) is 5.56 Å². The van der Waals surface area contributed by atoms with Crippen LogP contribution in [0.2, 0.25) is 0 Å². The number of aldehydes is 1. The van der Waals surface area contributed by atoms with Gasteiger partial charge in [-0.25, -0.2) is 0 Å². The van der Waals surface area contributed by atoms with Gasteiger partial charge in [0.25, 0.3) is 0 Å². The minimum atomic E-state index is 0.0540. The third kappa shape index (κ3) is 3.46. The van der Waals surface area contributed by atoms with Crippen molar-refractivity contribution < 1.29 is 9.53 Å². The Morgan fingerprint density at radius 2 is 2.00 bits per heavy atom. The molecule has 0 spiro atoms. The Bertz CT molecular complexity index is 459. The maximum Gasteiger partial charge on any atom is 0.153 e. The Kier molecular flexibility index (Phi) is 5.34. The molecule has 1 aromatic carbocycles. The average Bonchev–Trinajstić information content (AvgIpc) is 2.40. The Morgan fingerprint density at radius 1 is 1.32 bits per heavy atom. The van der Waals surface area contributed by atoms with Gasteiger partial charge < -0.3 is 4.74 Å². The smallest absolute Gasteiger partial charge is 0.153 e. The van der Waals surface area contributed by atoms with E-state index in [9.17, 15) is 4.79 Å². The number of hydrogen-bond donors (Lipinski definition) is 0. The minimum Gasteiger partial charge on any atom is -0.493 e. The Labute approximate surface area is 116 Å². The second kappa shape index (κ2) is 6.55. The summed E-state index contributed by atoms with van der Waals surface area (Å²) >= 11 is 0. The molecule has 0 atom stereocenters. The predicted molar refractivity (Wildman–Crippen MR) is 80.2 cm³/mol. The van der Waals surface area contributed by atoms with Crippen LogP contribution in [0.5, 0.6) is 5.75 Å². The molecule has 1 rings (SSSR count). The average molecular weight is 260 g/mol. The molecular formula is C17H24O2. The van der Waals surface area contributed by atoms with Crippen LogP contribution in [0.25, 0.3) is 0 Å². The summed E-state index contributed by atoms with van der Waals surface area (Å²) < 4.78 is 5.63. The molecule has 0 bridgehead atoms. The van der Waals surface area contributed by atoms with Crippen LogP contribution < -0.4 is 4.74 Å². The summed E-state index contributed by atoms with van der Waals surface area (Å²) in [5.41, 5.74) is 2.91. The summed E-state index contributed by atoms with van der Waals surface area (Å²) in [6.45, 7) is 12.8. The van der Waals surface area contributed by atoms with E-state index >= 15 is 0 Å². The van der Waals surface area contributed by atoms with Crippen LogP contribution in [0.4, 0.5) is 0 Å². The first kappa shape index (κ1) is 15.5. The Balaban J connectivity index is 3.43. The number of benzene rings is 1. The van der Waals surface area contributed by atoms with Gasteiger partial charge >= 0.3 is 0 Å². The van der Waals surface area contributed by atoms with E-state index in [2.05, 4.69) is 33.4 Å². The molecule has 104 valence electrons. The van der Waals surface area contributed by atoms with E-state index in [0.29, 0.717) is 24.3 Å². The van der Waals surface area contributed by atoms with Gasteiger partial charge in [0, 0.05) is 0 Å². The number of carbonyl (C=O) groups is 1. The Hall–Kier alpha value is -1.57. The van der Waals surface area contributed by atoms with Gasteiger partial charge in [0.1, 0.15) is 5.75 Å². The van der Waals surface area contributed by atoms with Crippen molar-refractivity contribution in [2.45, 2.75) is 46.0 Å². The molecule has 0 radical (unpaired) electrons. The number of allylic oxidation sites excluding steroid dienone is 1. The van der Waals surface area contributed by atoms with Gasteiger partial charge in [-0.2, -0.15) is 0 Å². The molecule has 0 fully saturated rings. The highest BCUT2D eigenvalue weighted by Crippen LogP contribution is 2.33. The molecule has 1 aromatic rings. The van der Waals surface area contributed by atoms with Crippen LogP contribution in [0, 0.1) is 0 Å². The molecule has 0 saturated carbocycles. The molecule has 0 heterocycles. The summed E-state index contributed by atoms with van der Waals surface area (Å²) in [5.74, 6) is 0.702. The van der Waals surface area contributed by atoms with Crippen molar-refractivity contribution in [2.75, 3.05) is 6.61 Å². The molecule has 0 aromatic heterocycles. The SMILES string of the molecule is C=CCc1cc(C(C)(C)CC)cc(C=O)c1OCC. The van der Waals surface area contributed by atoms with Crippen LogP contribution in [-0.2, 0) is 11.8 Å². The number of carbonyl (C=O) groups excluding carboxylic acids is 1. The topological polar surface area (TPSA) is 26.3 Å². The van der Waals surface area contributed by atoms with Crippen LogP contribution in [0.3, 0.4) is 0 Å². The highest BCUT2D eigenvalue weighted by atomic mass is 16.5. The number of rotatable bonds is 7. The third-order valence-electron chi connectivity index (χ3n) is 3.64. The second-order valence-electron chi connectivity index (χ2n) is 5.33. The van der Waals surface area contributed by atoms with Crippen molar-refractivity contribution in [1.82, 2.24) is 0 Å². The zero-order chi connectivity index (χ0) is 14.5. The van der Waals surface area contributed by atoms with Crippen molar-refractivity contribution in [3.05, 3.63) is 41.5 Å². The third-order valence-corrected chi connectivity index (χ3v) is 3.64. The van der Waals surface area contributed by atoms with Crippen molar-refractivity contribution in [2.24, 2.45) is 0 Å². The Morgan fingerprint density at radius 3 is 2.47 bits per heavy atom. The fourth-order valence-corrected chi connectivity index (χ4v) is 2.02. The molecule has 0 aliphatic rings. The van der Waals surface area contributed by atoms with Gasteiger partial charge in [0.15, 0.2) is 6.29 Å². The van der Waals surface area contributed by atoms with Gasteiger partial charge in [-0.3, -0.25) is 4.79 Å². The molecule has 0 aliphatic heterocycles. The lowest BCUT2D eigenvalue weighted by molar-refractivity contribution is 0.111. The summed E-state index contributed by atoms with van der Waals surface area (Å²) in [4.78, 5) is 11.3. The predicted octanol–water partition coefficient (Wildman–Crippen LogP) is 4.31. The highest BCUT2D eigenvalue weighted by Gasteiger charge is 2.21. The second-order valence-corrected chi connectivity index (χ2v) is 5.33. The summed E-state index contributed by atoms with van der Waals surface area (Å²) in [6, 6.07) is 4.09. The van der Waals surface area contributed by atoms with Crippen LogP contribution >= 0.6 is 0 Å². The van der Waals surface area contributed by atoms with Crippen molar-refractivity contribution >= 4 is 6.29 Å². The quantitative estimate of drug-likeness (QED) is 0.539. The molecule has 0 N–H and O–H groups in total. The molecule has 19 heavy (non-hydrogen) atoms. The van der Waals surface area contributed by atoms with E-state index in [1.54, 1.807) is 0 Å². The standard InChI is InChI=1S/C17H24O2/c1-6-9-13-10-15(17(4,5)7-2)11-14(12-18)16(13)19-8-3/h6,10-12H,1,7-9H2,2-5H3. The van der Waals surface area contributed by atoms with Crippen LogP contribution in [-0.4, -0.2) is 12.9 Å². The lowest BCUT2D eigenvalue weighted by Crippen LogP contribution is -2.17. The summed E-state index contributed by atoms with van der Waals surface area (Å²) in [5, 5.41) is 0. The number of hydrogen-bond acceptors (Lipinski definition) is 2. The number of ether oxygens (including phenoxy) is 1. The van der Waals surface area contributed by atoms with Gasteiger partial charge in [-0.05, 0) is 42.4 Å². The zero-order valence-corrected chi connectivity index (χ0v) is 12.5. The maximum absolute atomic E-state index is 11.3. The largest absolute Gasteiger partial charge is 0.493 e. The van der Waals surface area contributed by atoms with E-state index in [-0.39, 0.29) is 5.41 Å². The van der Waals surface area contributed by atoms with Crippen molar-refractivity contribution in [1.29, 1.82) is 0 Å². The molecule has 2 heteroatoms. The fraction of sp³-hybridized carbons (Fsp3) is 0.471. The molecule has 0 saturated heterocycles. The van der Waals surface area contributed by atoms with Crippen molar-refractivity contribution in [3.63, 3.8) is 0 Å². The highest BCUT2D eigenvalue weighted by molar-refractivity contribution is 5.81. The normalized spacial score (nSPS) is 11.2. The van der Waals surface area contributed by atoms with Gasteiger partial charge in [-0.1, -0.05) is 32.9 Å². The monoisotopic (exact) mass is 260 g/mol. The van der Waals surface area contributed by atoms with Gasteiger partial charge in [0.2, 0.25) is 0 Å². The van der Waals surface area contributed by atoms with Gasteiger partial charge in [0.05, 0.1) is 12.2 Å². The van der Waals surface area contributed by atoms with Crippen molar-refractivity contribution in [3.8, 4) is 5.75 Å². The van der Waals surface area contributed by atoms with E-state index < -0.39 is 0 Å². The fourth-order valence-electron chi connectivity index (χ4n) is 2.02. The van der Waals surface area contributed by atoms with E-state index in [1.807, 2.05) is 19.1 Å². The maximum atomic E-state index is 11.3. The minimum absolute atomic E-state index is 0.0540. The lowest BCUT2D eigenvalue weighted by Gasteiger charge is -2.25. The molecule has 0 unspecified atom stereocenters.